The molecule has 0 radical (unpaired) electrons. The van der Waals surface area contributed by atoms with Crippen LogP contribution < -0.4 is 10.2 Å². The van der Waals surface area contributed by atoms with Crippen LogP contribution in [-0.2, 0) is 7.05 Å². The van der Waals surface area contributed by atoms with E-state index in [2.05, 4.69) is 10.3 Å². The molecule has 0 aliphatic carbocycles. The molecule has 1 heterocycles. The van der Waals surface area contributed by atoms with Crippen molar-refractivity contribution in [3.63, 3.8) is 0 Å². The van der Waals surface area contributed by atoms with Crippen molar-refractivity contribution >= 4 is 0 Å². The lowest BCUT2D eigenvalue weighted by molar-refractivity contribution is -0.730. The van der Waals surface area contributed by atoms with E-state index in [0.717, 1.165) is 0 Å². The van der Waals surface area contributed by atoms with Gasteiger partial charge in [0.25, 0.3) is 0 Å². The highest BCUT2D eigenvalue weighted by molar-refractivity contribution is 4.53. The van der Waals surface area contributed by atoms with Crippen molar-refractivity contribution in [2.45, 2.75) is 0 Å². The van der Waals surface area contributed by atoms with Gasteiger partial charge in [-0.25, -0.2) is 4.79 Å². The zero-order valence-corrected chi connectivity index (χ0v) is 3.93. The van der Waals surface area contributed by atoms with Crippen molar-refractivity contribution < 1.29 is 4.68 Å². The summed E-state index contributed by atoms with van der Waals surface area (Å²) >= 11 is 0. The van der Waals surface area contributed by atoms with Crippen LogP contribution in [-0.4, -0.2) is 10.3 Å². The Hall–Kier alpha value is -1.06. The summed E-state index contributed by atoms with van der Waals surface area (Å²) in [5.74, 6) is 0. The molecule has 7 heavy (non-hydrogen) atoms. The molecular weight excluding hydrogens is 94.1 g/mol. The summed E-state index contributed by atoms with van der Waals surface area (Å²) in [5.41, 5.74) is -0.109. The van der Waals surface area contributed by atoms with Gasteiger partial charge in [0, 0.05) is 0 Å². The Morgan fingerprint density at radius 3 is 2.71 bits per heavy atom. The van der Waals surface area contributed by atoms with Crippen molar-refractivity contribution in [3.05, 3.63) is 16.6 Å². The molecule has 0 atom stereocenters. The number of nitrogens with zero attached hydrogens (tertiary/aromatic N) is 1. The van der Waals surface area contributed by atoms with Gasteiger partial charge in [-0.2, -0.15) is 4.68 Å². The van der Waals surface area contributed by atoms with Crippen molar-refractivity contribution in [2.75, 3.05) is 0 Å². The van der Waals surface area contributed by atoms with Gasteiger partial charge in [0.15, 0.2) is 0 Å². The number of rotatable bonds is 0. The number of aromatic nitrogens is 3. The van der Waals surface area contributed by atoms with Crippen LogP contribution >= 0.6 is 0 Å². The van der Waals surface area contributed by atoms with Crippen LogP contribution in [0.5, 0.6) is 0 Å². The molecule has 1 aromatic rings. The summed E-state index contributed by atoms with van der Waals surface area (Å²) in [6, 6.07) is 0. The third kappa shape index (κ3) is 0.677. The first-order valence-corrected chi connectivity index (χ1v) is 1.92. The lowest BCUT2D eigenvalue weighted by Crippen LogP contribution is -2.29. The van der Waals surface area contributed by atoms with Crippen molar-refractivity contribution in [3.8, 4) is 0 Å². The first-order valence-electron chi connectivity index (χ1n) is 1.92. The molecule has 0 unspecified atom stereocenters. The minimum absolute atomic E-state index is 0.109. The van der Waals surface area contributed by atoms with Gasteiger partial charge in [-0.05, 0) is 0 Å². The minimum Gasteiger partial charge on any atom is -0.235 e. The quantitative estimate of drug-likeness (QED) is 0.384. The SMILES string of the molecule is C[n+]1cc(=O)[nH][nH]1. The molecule has 0 fully saturated rings. The average Bonchev–Trinajstić information content (AvgIpc) is 1.87. The minimum atomic E-state index is -0.109. The van der Waals surface area contributed by atoms with E-state index in [9.17, 15) is 4.79 Å². The highest BCUT2D eigenvalue weighted by Crippen LogP contribution is 1.39. The maximum absolute atomic E-state index is 10.2. The number of aryl methyl sites for hydroxylation is 1. The van der Waals surface area contributed by atoms with E-state index >= 15 is 0 Å². The van der Waals surface area contributed by atoms with E-state index in [-0.39, 0.29) is 5.56 Å². The fraction of sp³-hybridized carbons (Fsp3) is 0.333. The van der Waals surface area contributed by atoms with E-state index in [1.807, 2.05) is 0 Å². The fourth-order valence-corrected chi connectivity index (χ4v) is 0.384. The number of H-pyrrole nitrogens is 2. The first kappa shape index (κ1) is 4.11. The number of hydrogen-bond acceptors (Lipinski definition) is 1. The monoisotopic (exact) mass is 100 g/mol. The van der Waals surface area contributed by atoms with Gasteiger partial charge in [-0.3, -0.25) is 0 Å². The second-order valence-corrected chi connectivity index (χ2v) is 1.34. The smallest absolute Gasteiger partial charge is 0.235 e. The van der Waals surface area contributed by atoms with Crippen molar-refractivity contribution in [1.29, 1.82) is 0 Å². The Morgan fingerprint density at radius 2 is 2.57 bits per heavy atom. The molecule has 0 saturated heterocycles. The van der Waals surface area contributed by atoms with E-state index in [1.165, 1.54) is 6.20 Å². The third-order valence-electron chi connectivity index (χ3n) is 0.666. The van der Waals surface area contributed by atoms with Crippen LogP contribution in [0.3, 0.4) is 0 Å². The predicted octanol–water partition coefficient (Wildman–Crippen LogP) is -1.47. The average molecular weight is 100 g/mol. The fourth-order valence-electron chi connectivity index (χ4n) is 0.384. The molecule has 0 aliphatic rings. The summed E-state index contributed by atoms with van der Waals surface area (Å²) in [6.07, 6.45) is 1.42. The highest BCUT2D eigenvalue weighted by atomic mass is 16.1. The summed E-state index contributed by atoms with van der Waals surface area (Å²) in [4.78, 5) is 10.2. The number of hydrogen-bond donors (Lipinski definition) is 2. The molecule has 4 heteroatoms. The van der Waals surface area contributed by atoms with Crippen LogP contribution in [0.15, 0.2) is 11.0 Å². The lowest BCUT2D eigenvalue weighted by Gasteiger charge is -1.67. The Labute approximate surface area is 39.8 Å². The zero-order chi connectivity index (χ0) is 5.28. The third-order valence-corrected chi connectivity index (χ3v) is 0.666. The molecule has 0 bridgehead atoms. The van der Waals surface area contributed by atoms with Gasteiger partial charge in [0.2, 0.25) is 6.20 Å². The zero-order valence-electron chi connectivity index (χ0n) is 3.93. The Bertz CT molecular complexity index is 198. The van der Waals surface area contributed by atoms with E-state index in [0.29, 0.717) is 0 Å². The van der Waals surface area contributed by atoms with Crippen LogP contribution in [0.4, 0.5) is 0 Å². The molecular formula is C3H6N3O+. The Morgan fingerprint density at radius 1 is 1.86 bits per heavy atom. The summed E-state index contributed by atoms with van der Waals surface area (Å²) in [5, 5.41) is 4.90. The highest BCUT2D eigenvalue weighted by Gasteiger charge is 1.88. The van der Waals surface area contributed by atoms with E-state index < -0.39 is 0 Å². The summed E-state index contributed by atoms with van der Waals surface area (Å²) < 4.78 is 1.54. The molecule has 0 aromatic carbocycles. The molecule has 4 nitrogen and oxygen atoms in total. The topological polar surface area (TPSA) is 52.5 Å². The molecule has 1 rings (SSSR count). The first-order chi connectivity index (χ1) is 3.29. The van der Waals surface area contributed by atoms with E-state index in [4.69, 9.17) is 0 Å². The lowest BCUT2D eigenvalue weighted by atomic mass is 10.9. The molecule has 38 valence electrons. The maximum atomic E-state index is 10.2. The molecule has 0 aliphatic heterocycles. The predicted molar refractivity (Wildman–Crippen MR) is 22.6 cm³/mol. The Kier molecular flexibility index (Phi) is 0.714. The van der Waals surface area contributed by atoms with Crippen LogP contribution in [0.2, 0.25) is 0 Å². The largest absolute Gasteiger partial charge is 0.390 e. The van der Waals surface area contributed by atoms with Gasteiger partial charge in [-0.1, -0.05) is 0 Å². The summed E-state index contributed by atoms with van der Waals surface area (Å²) in [6.45, 7) is 0. The second kappa shape index (κ2) is 1.22. The molecule has 1 aromatic heterocycles. The van der Waals surface area contributed by atoms with Crippen LogP contribution in [0.1, 0.15) is 0 Å². The van der Waals surface area contributed by atoms with Gasteiger partial charge < -0.3 is 0 Å². The van der Waals surface area contributed by atoms with Crippen LogP contribution in [0, 0.1) is 0 Å². The standard InChI is InChI=1S/C3H5N3O/c1-6-2-3(7)4-5-6/h2,7H,1H3/p+1. The van der Waals surface area contributed by atoms with Gasteiger partial charge >= 0.3 is 5.56 Å². The maximum Gasteiger partial charge on any atom is 0.390 e. The number of aromatic amines is 2. The normalized spacial score (nSPS) is 9.29. The van der Waals surface area contributed by atoms with Gasteiger partial charge in [-0.15, -0.1) is 10.3 Å². The van der Waals surface area contributed by atoms with Gasteiger partial charge in [0.1, 0.15) is 7.05 Å². The number of nitrogens with one attached hydrogen (secondary N) is 2. The molecule has 0 spiro atoms. The summed E-state index contributed by atoms with van der Waals surface area (Å²) in [7, 11) is 1.73. The molecule has 0 amide bonds. The van der Waals surface area contributed by atoms with Crippen molar-refractivity contribution in [2.24, 2.45) is 7.05 Å². The van der Waals surface area contributed by atoms with E-state index in [1.54, 1.807) is 11.7 Å². The Balaban J connectivity index is 3.30. The molecule has 0 saturated carbocycles. The van der Waals surface area contributed by atoms with Crippen molar-refractivity contribution in [1.82, 2.24) is 10.3 Å². The van der Waals surface area contributed by atoms with Crippen LogP contribution in [0.25, 0.3) is 0 Å². The second-order valence-electron chi connectivity index (χ2n) is 1.34. The van der Waals surface area contributed by atoms with Gasteiger partial charge in [0.05, 0.1) is 0 Å². The molecule has 2 N–H and O–H groups in total.